The Morgan fingerprint density at radius 1 is 1.19 bits per heavy atom. The molecule has 8 heteroatoms. The third-order valence-electron chi connectivity index (χ3n) is 4.24. The van der Waals surface area contributed by atoms with Crippen LogP contribution in [-0.4, -0.2) is 54.5 Å². The standard InChI is InChI=1S/C18H20FN3O3S/c1-12-17(26-13(2)20-12)18(24)25-11-16(23)22-9-7-21(8-10-22)15-6-4-3-5-14(15)19/h3-6H,7-11H2,1-2H3. The first kappa shape index (κ1) is 18.3. The fraction of sp³-hybridized carbons (Fsp3) is 0.389. The molecule has 0 aliphatic carbocycles. The molecule has 1 fully saturated rings. The molecule has 0 bridgehead atoms. The summed E-state index contributed by atoms with van der Waals surface area (Å²) in [5, 5.41) is 0.782. The molecular weight excluding hydrogens is 357 g/mol. The third-order valence-corrected chi connectivity index (χ3v) is 5.29. The molecule has 1 amide bonds. The molecule has 6 nitrogen and oxygen atoms in total. The van der Waals surface area contributed by atoms with Crippen LogP contribution in [0.3, 0.4) is 0 Å². The van der Waals surface area contributed by atoms with Gasteiger partial charge in [-0.3, -0.25) is 4.79 Å². The number of aryl methyl sites for hydroxylation is 2. The first-order valence-corrected chi connectivity index (χ1v) is 9.16. The van der Waals surface area contributed by atoms with Crippen molar-refractivity contribution in [1.82, 2.24) is 9.88 Å². The van der Waals surface area contributed by atoms with E-state index >= 15 is 0 Å². The normalized spacial score (nSPS) is 14.4. The number of nitrogens with zero attached hydrogens (tertiary/aromatic N) is 3. The Kier molecular flexibility index (Phi) is 5.51. The Morgan fingerprint density at radius 3 is 2.50 bits per heavy atom. The van der Waals surface area contributed by atoms with Crippen molar-refractivity contribution in [3.63, 3.8) is 0 Å². The van der Waals surface area contributed by atoms with Crippen molar-refractivity contribution in [2.45, 2.75) is 13.8 Å². The maximum Gasteiger partial charge on any atom is 0.350 e. The highest BCUT2D eigenvalue weighted by Gasteiger charge is 2.24. The van der Waals surface area contributed by atoms with Crippen LogP contribution in [0.1, 0.15) is 20.4 Å². The summed E-state index contributed by atoms with van der Waals surface area (Å²) in [4.78, 5) is 32.5. The molecule has 1 aromatic heterocycles. The molecule has 0 atom stereocenters. The predicted octanol–water partition coefficient (Wildman–Crippen LogP) is 2.40. The number of esters is 1. The van der Waals surface area contributed by atoms with Crippen LogP contribution < -0.4 is 4.90 Å². The molecule has 0 unspecified atom stereocenters. The number of halogens is 1. The fourth-order valence-electron chi connectivity index (χ4n) is 2.91. The zero-order valence-electron chi connectivity index (χ0n) is 14.7. The molecule has 26 heavy (non-hydrogen) atoms. The van der Waals surface area contributed by atoms with E-state index in [1.165, 1.54) is 17.4 Å². The number of amides is 1. The van der Waals surface area contributed by atoms with Gasteiger partial charge in [-0.15, -0.1) is 11.3 Å². The average Bonchev–Trinajstić information content (AvgIpc) is 2.98. The van der Waals surface area contributed by atoms with Crippen molar-refractivity contribution in [2.24, 2.45) is 0 Å². The van der Waals surface area contributed by atoms with Crippen LogP contribution in [0.15, 0.2) is 24.3 Å². The number of rotatable bonds is 4. The molecule has 0 spiro atoms. The number of anilines is 1. The second kappa shape index (κ2) is 7.82. The number of para-hydroxylation sites is 1. The van der Waals surface area contributed by atoms with Gasteiger partial charge < -0.3 is 14.5 Å². The van der Waals surface area contributed by atoms with Crippen molar-refractivity contribution in [2.75, 3.05) is 37.7 Å². The van der Waals surface area contributed by atoms with E-state index in [4.69, 9.17) is 4.74 Å². The molecule has 138 valence electrons. The quantitative estimate of drug-likeness (QED) is 0.766. The Morgan fingerprint density at radius 2 is 1.88 bits per heavy atom. The van der Waals surface area contributed by atoms with E-state index in [9.17, 15) is 14.0 Å². The van der Waals surface area contributed by atoms with E-state index in [0.29, 0.717) is 42.4 Å². The minimum Gasteiger partial charge on any atom is -0.451 e. The van der Waals surface area contributed by atoms with Gasteiger partial charge in [0.05, 0.1) is 16.4 Å². The van der Waals surface area contributed by atoms with Gasteiger partial charge in [-0.05, 0) is 26.0 Å². The number of carbonyl (C=O) groups is 2. The van der Waals surface area contributed by atoms with Crippen molar-refractivity contribution < 1.29 is 18.7 Å². The Hall–Kier alpha value is -2.48. The number of aromatic nitrogens is 1. The van der Waals surface area contributed by atoms with Gasteiger partial charge in [-0.2, -0.15) is 0 Å². The lowest BCUT2D eigenvalue weighted by atomic mass is 10.2. The van der Waals surface area contributed by atoms with Crippen molar-refractivity contribution >= 4 is 28.9 Å². The Labute approximate surface area is 155 Å². The highest BCUT2D eigenvalue weighted by Crippen LogP contribution is 2.20. The van der Waals surface area contributed by atoms with Crippen molar-refractivity contribution in [1.29, 1.82) is 0 Å². The summed E-state index contributed by atoms with van der Waals surface area (Å²) >= 11 is 1.26. The summed E-state index contributed by atoms with van der Waals surface area (Å²) < 4.78 is 19.0. The summed E-state index contributed by atoms with van der Waals surface area (Å²) in [5.41, 5.74) is 1.16. The number of thiazole rings is 1. The third kappa shape index (κ3) is 4.01. The van der Waals surface area contributed by atoms with Crippen LogP contribution in [0.2, 0.25) is 0 Å². The molecule has 0 radical (unpaired) electrons. The van der Waals surface area contributed by atoms with E-state index < -0.39 is 5.97 Å². The number of hydrogen-bond acceptors (Lipinski definition) is 6. The smallest absolute Gasteiger partial charge is 0.350 e. The number of benzene rings is 1. The molecule has 2 aromatic rings. The minimum absolute atomic E-state index is 0.245. The zero-order valence-corrected chi connectivity index (χ0v) is 15.5. The average molecular weight is 377 g/mol. The van der Waals surface area contributed by atoms with Gasteiger partial charge in [0.25, 0.3) is 5.91 Å². The van der Waals surface area contributed by atoms with Gasteiger partial charge in [0, 0.05) is 26.2 Å². The lowest BCUT2D eigenvalue weighted by molar-refractivity contribution is -0.134. The molecule has 1 saturated heterocycles. The summed E-state index contributed by atoms with van der Waals surface area (Å²) in [6, 6.07) is 6.60. The van der Waals surface area contributed by atoms with Crippen LogP contribution >= 0.6 is 11.3 Å². The van der Waals surface area contributed by atoms with Crippen molar-refractivity contribution in [3.8, 4) is 0 Å². The molecule has 0 saturated carbocycles. The van der Waals surface area contributed by atoms with Gasteiger partial charge in [0.1, 0.15) is 10.7 Å². The lowest BCUT2D eigenvalue weighted by Gasteiger charge is -2.36. The number of carbonyl (C=O) groups excluding carboxylic acids is 2. The maximum atomic E-state index is 13.9. The van der Waals surface area contributed by atoms with Crippen molar-refractivity contribution in [3.05, 3.63) is 45.7 Å². The highest BCUT2D eigenvalue weighted by atomic mass is 32.1. The molecule has 1 aliphatic rings. The van der Waals surface area contributed by atoms with Crippen LogP contribution in [0.4, 0.5) is 10.1 Å². The first-order valence-electron chi connectivity index (χ1n) is 8.34. The number of ether oxygens (including phenoxy) is 1. The van der Waals surface area contributed by atoms with Crippen LogP contribution in [0, 0.1) is 19.7 Å². The molecule has 1 aliphatic heterocycles. The van der Waals surface area contributed by atoms with Gasteiger partial charge in [0.2, 0.25) is 0 Å². The summed E-state index contributed by atoms with van der Waals surface area (Å²) in [7, 11) is 0. The Balaban J connectivity index is 1.50. The van der Waals surface area contributed by atoms with E-state index in [0.717, 1.165) is 5.01 Å². The fourth-order valence-corrected chi connectivity index (χ4v) is 3.72. The second-order valence-electron chi connectivity index (χ2n) is 6.04. The topological polar surface area (TPSA) is 62.7 Å². The van der Waals surface area contributed by atoms with E-state index in [1.54, 1.807) is 30.0 Å². The maximum absolute atomic E-state index is 13.9. The monoisotopic (exact) mass is 377 g/mol. The number of hydrogen-bond donors (Lipinski definition) is 0. The highest BCUT2D eigenvalue weighted by molar-refractivity contribution is 7.13. The summed E-state index contributed by atoms with van der Waals surface area (Å²) in [6.07, 6.45) is 0. The van der Waals surface area contributed by atoms with Crippen LogP contribution in [0.25, 0.3) is 0 Å². The minimum atomic E-state index is -0.522. The summed E-state index contributed by atoms with van der Waals surface area (Å²) in [5.74, 6) is -1.03. The van der Waals surface area contributed by atoms with Crippen LogP contribution in [-0.2, 0) is 9.53 Å². The van der Waals surface area contributed by atoms with Crippen LogP contribution in [0.5, 0.6) is 0 Å². The van der Waals surface area contributed by atoms with E-state index in [1.807, 2.05) is 11.8 Å². The predicted molar refractivity (Wildman–Crippen MR) is 97.1 cm³/mol. The zero-order chi connectivity index (χ0) is 18.7. The number of piperazine rings is 1. The molecule has 2 heterocycles. The SMILES string of the molecule is Cc1nc(C)c(C(=O)OCC(=O)N2CCN(c3ccccc3F)CC2)s1. The van der Waals surface area contributed by atoms with E-state index in [-0.39, 0.29) is 18.3 Å². The summed E-state index contributed by atoms with van der Waals surface area (Å²) in [6.45, 7) is 5.25. The molecule has 3 rings (SSSR count). The lowest BCUT2D eigenvalue weighted by Crippen LogP contribution is -2.50. The molecule has 0 N–H and O–H groups in total. The second-order valence-corrected chi connectivity index (χ2v) is 7.25. The Bertz CT molecular complexity index is 816. The van der Waals surface area contributed by atoms with Gasteiger partial charge in [-0.1, -0.05) is 12.1 Å². The van der Waals surface area contributed by atoms with Gasteiger partial charge >= 0.3 is 5.97 Å². The molecular formula is C18H20FN3O3S. The van der Waals surface area contributed by atoms with Gasteiger partial charge in [0.15, 0.2) is 6.61 Å². The first-order chi connectivity index (χ1) is 12.5. The van der Waals surface area contributed by atoms with Gasteiger partial charge in [-0.25, -0.2) is 14.2 Å². The largest absolute Gasteiger partial charge is 0.451 e. The van der Waals surface area contributed by atoms with E-state index in [2.05, 4.69) is 4.98 Å². The molecule has 1 aromatic carbocycles.